The number of allylic oxidation sites excluding steroid dienone is 1. The molecule has 2 aliphatic rings. The van der Waals surface area contributed by atoms with Gasteiger partial charge in [-0.15, -0.1) is 5.10 Å². The fourth-order valence-corrected chi connectivity index (χ4v) is 5.66. The van der Waals surface area contributed by atoms with Gasteiger partial charge >= 0.3 is 0 Å². The van der Waals surface area contributed by atoms with Crippen molar-refractivity contribution in [2.75, 3.05) is 36.9 Å². The van der Waals surface area contributed by atoms with Crippen molar-refractivity contribution in [2.24, 2.45) is 0 Å². The number of aromatic nitrogens is 3. The predicted octanol–water partition coefficient (Wildman–Crippen LogP) is -0.404. The molecule has 2 aliphatic heterocycles. The Hall–Kier alpha value is -1.94. The standard InChI is InChI=1S/C16H26N6O3S/c1-11(2)5-6-21-7-8-22(13-10-26(24,25)9-12(13)21)15(23)4-3-14-18-16(17)20-19-14/h5,12-13H,3-4,6-10H2,1-2H3,(H3,17,18,19,20)/t12-,13+/m0/s1. The monoisotopic (exact) mass is 382 g/mol. The van der Waals surface area contributed by atoms with E-state index >= 15 is 0 Å². The number of H-pyrrole nitrogens is 1. The lowest BCUT2D eigenvalue weighted by Crippen LogP contribution is -2.60. The topological polar surface area (TPSA) is 125 Å². The summed E-state index contributed by atoms with van der Waals surface area (Å²) in [7, 11) is -3.13. The van der Waals surface area contributed by atoms with Gasteiger partial charge in [0.2, 0.25) is 11.9 Å². The number of nitrogens with zero attached hydrogens (tertiary/aromatic N) is 4. The summed E-state index contributed by atoms with van der Waals surface area (Å²) in [5.41, 5.74) is 6.67. The Morgan fingerprint density at radius 2 is 2.04 bits per heavy atom. The van der Waals surface area contributed by atoms with Crippen LogP contribution >= 0.6 is 0 Å². The summed E-state index contributed by atoms with van der Waals surface area (Å²) in [6.45, 7) is 6.00. The summed E-state index contributed by atoms with van der Waals surface area (Å²) >= 11 is 0. The molecule has 2 fully saturated rings. The van der Waals surface area contributed by atoms with Crippen molar-refractivity contribution in [2.45, 2.75) is 38.8 Å². The van der Waals surface area contributed by atoms with E-state index in [4.69, 9.17) is 5.73 Å². The van der Waals surface area contributed by atoms with Gasteiger partial charge in [0.05, 0.1) is 17.5 Å². The van der Waals surface area contributed by atoms with Crippen molar-refractivity contribution in [3.05, 3.63) is 17.5 Å². The van der Waals surface area contributed by atoms with Crippen molar-refractivity contribution in [1.82, 2.24) is 25.0 Å². The maximum atomic E-state index is 12.7. The highest BCUT2D eigenvalue weighted by Crippen LogP contribution is 2.27. The first-order valence-electron chi connectivity index (χ1n) is 8.79. The number of aromatic amines is 1. The van der Waals surface area contributed by atoms with Gasteiger partial charge in [-0.3, -0.25) is 14.8 Å². The number of hydrogen-bond acceptors (Lipinski definition) is 7. The third-order valence-corrected chi connectivity index (χ3v) is 6.67. The highest BCUT2D eigenvalue weighted by molar-refractivity contribution is 7.91. The van der Waals surface area contributed by atoms with Crippen LogP contribution in [0.2, 0.25) is 0 Å². The van der Waals surface area contributed by atoms with Crippen LogP contribution < -0.4 is 5.73 Å². The molecular weight excluding hydrogens is 356 g/mol. The van der Waals surface area contributed by atoms with Gasteiger partial charge in [0.1, 0.15) is 5.82 Å². The lowest BCUT2D eigenvalue weighted by atomic mass is 10.0. The molecule has 26 heavy (non-hydrogen) atoms. The maximum absolute atomic E-state index is 12.7. The largest absolute Gasteiger partial charge is 0.367 e. The normalized spacial score (nSPS) is 25.1. The Morgan fingerprint density at radius 3 is 2.69 bits per heavy atom. The molecule has 0 bridgehead atoms. The van der Waals surface area contributed by atoms with Crippen LogP contribution in [-0.4, -0.2) is 82.5 Å². The second kappa shape index (κ2) is 7.36. The van der Waals surface area contributed by atoms with Gasteiger partial charge in [-0.1, -0.05) is 11.6 Å². The third kappa shape index (κ3) is 4.24. The quantitative estimate of drug-likeness (QED) is 0.664. The van der Waals surface area contributed by atoms with Crippen molar-refractivity contribution < 1.29 is 13.2 Å². The number of aryl methyl sites for hydroxylation is 1. The number of amides is 1. The van der Waals surface area contributed by atoms with Crippen LogP contribution in [0.5, 0.6) is 0 Å². The van der Waals surface area contributed by atoms with E-state index in [1.807, 2.05) is 13.8 Å². The first-order valence-corrected chi connectivity index (χ1v) is 10.6. The number of rotatable bonds is 5. The summed E-state index contributed by atoms with van der Waals surface area (Å²) in [4.78, 5) is 20.6. The number of nitrogen functional groups attached to an aromatic ring is 1. The van der Waals surface area contributed by atoms with Crippen molar-refractivity contribution >= 4 is 21.7 Å². The molecule has 3 rings (SSSR count). The molecule has 0 radical (unpaired) electrons. The first-order chi connectivity index (χ1) is 12.2. The molecule has 3 N–H and O–H groups in total. The predicted molar refractivity (Wildman–Crippen MR) is 98.1 cm³/mol. The van der Waals surface area contributed by atoms with Gasteiger partial charge in [-0.25, -0.2) is 8.42 Å². The molecule has 0 spiro atoms. The maximum Gasteiger partial charge on any atom is 0.239 e. The summed E-state index contributed by atoms with van der Waals surface area (Å²) in [5.74, 6) is 0.838. The second-order valence-corrected chi connectivity index (χ2v) is 9.37. The Bertz CT molecular complexity index is 799. The lowest BCUT2D eigenvalue weighted by molar-refractivity contribution is -0.136. The number of sulfone groups is 1. The molecule has 10 heteroatoms. The van der Waals surface area contributed by atoms with Gasteiger partial charge in [-0.2, -0.15) is 4.98 Å². The number of fused-ring (bicyclic) bond motifs is 1. The Labute approximate surface area is 153 Å². The summed E-state index contributed by atoms with van der Waals surface area (Å²) in [5, 5.41) is 6.44. The van der Waals surface area contributed by atoms with Gasteiger partial charge in [0.25, 0.3) is 0 Å². The second-order valence-electron chi connectivity index (χ2n) is 7.22. The molecule has 1 amide bonds. The number of carbonyl (C=O) groups excluding carboxylic acids is 1. The molecule has 9 nitrogen and oxygen atoms in total. The van der Waals surface area contributed by atoms with E-state index < -0.39 is 9.84 Å². The van der Waals surface area contributed by atoms with Crippen LogP contribution in [0.1, 0.15) is 26.1 Å². The molecule has 0 aromatic carbocycles. The molecule has 2 atom stereocenters. The van der Waals surface area contributed by atoms with Crippen LogP contribution in [0, 0.1) is 0 Å². The van der Waals surface area contributed by atoms with E-state index in [1.54, 1.807) is 4.90 Å². The molecule has 1 aromatic heterocycles. The minimum atomic E-state index is -3.13. The SMILES string of the molecule is CC(C)=CCN1CCN(C(=O)CCc2nc(N)n[nH]2)[C@@H]2CS(=O)(=O)C[C@@H]21. The number of anilines is 1. The third-order valence-electron chi connectivity index (χ3n) is 4.97. The number of nitrogens with one attached hydrogen (secondary N) is 1. The molecular formula is C16H26N6O3S. The van der Waals surface area contributed by atoms with Crippen LogP contribution in [-0.2, 0) is 21.1 Å². The van der Waals surface area contributed by atoms with Crippen molar-refractivity contribution in [1.29, 1.82) is 0 Å². The van der Waals surface area contributed by atoms with Crippen LogP contribution in [0.25, 0.3) is 0 Å². The van der Waals surface area contributed by atoms with Gasteiger partial charge in [0.15, 0.2) is 9.84 Å². The van der Waals surface area contributed by atoms with E-state index in [1.165, 1.54) is 5.57 Å². The smallest absolute Gasteiger partial charge is 0.239 e. The van der Waals surface area contributed by atoms with E-state index in [9.17, 15) is 13.2 Å². The molecule has 0 saturated carbocycles. The lowest BCUT2D eigenvalue weighted by Gasteiger charge is -2.43. The molecule has 1 aromatic rings. The van der Waals surface area contributed by atoms with E-state index in [-0.39, 0.29) is 41.9 Å². The molecule has 144 valence electrons. The van der Waals surface area contributed by atoms with E-state index in [0.29, 0.717) is 25.3 Å². The van der Waals surface area contributed by atoms with Gasteiger partial charge in [-0.05, 0) is 13.8 Å². The van der Waals surface area contributed by atoms with Crippen molar-refractivity contribution in [3.63, 3.8) is 0 Å². The fourth-order valence-electron chi connectivity index (χ4n) is 3.65. The Kier molecular flexibility index (Phi) is 5.33. The fraction of sp³-hybridized carbons (Fsp3) is 0.688. The van der Waals surface area contributed by atoms with E-state index in [0.717, 1.165) is 6.54 Å². The summed E-state index contributed by atoms with van der Waals surface area (Å²) in [6, 6.07) is -0.402. The minimum absolute atomic E-state index is 0.0456. The zero-order valence-corrected chi connectivity index (χ0v) is 16.0. The zero-order valence-electron chi connectivity index (χ0n) is 15.2. The Morgan fingerprint density at radius 1 is 1.31 bits per heavy atom. The van der Waals surface area contributed by atoms with Crippen LogP contribution in [0.15, 0.2) is 11.6 Å². The van der Waals surface area contributed by atoms with Crippen LogP contribution in [0.3, 0.4) is 0 Å². The number of piperazine rings is 1. The van der Waals surface area contributed by atoms with Crippen molar-refractivity contribution in [3.8, 4) is 0 Å². The summed E-state index contributed by atoms with van der Waals surface area (Å²) in [6.07, 6.45) is 2.77. The van der Waals surface area contributed by atoms with Gasteiger partial charge in [0, 0.05) is 38.5 Å². The highest BCUT2D eigenvalue weighted by atomic mass is 32.2. The first kappa shape index (κ1) is 18.8. The average Bonchev–Trinajstić information content (AvgIpc) is 3.11. The number of carbonyl (C=O) groups is 1. The zero-order chi connectivity index (χ0) is 18.9. The average molecular weight is 382 g/mol. The molecule has 0 aliphatic carbocycles. The molecule has 2 saturated heterocycles. The molecule has 3 heterocycles. The van der Waals surface area contributed by atoms with E-state index in [2.05, 4.69) is 26.2 Å². The van der Waals surface area contributed by atoms with Crippen LogP contribution in [0.4, 0.5) is 5.95 Å². The Balaban J connectivity index is 1.68. The minimum Gasteiger partial charge on any atom is -0.367 e. The highest BCUT2D eigenvalue weighted by Gasteiger charge is 2.47. The van der Waals surface area contributed by atoms with Gasteiger partial charge < -0.3 is 10.6 Å². The summed E-state index contributed by atoms with van der Waals surface area (Å²) < 4.78 is 24.4. The number of nitrogens with two attached hydrogens (primary N) is 1. The molecule has 0 unspecified atom stereocenters. The number of hydrogen-bond donors (Lipinski definition) is 2.